The zero-order valence-electron chi connectivity index (χ0n) is 7.92. The van der Waals surface area contributed by atoms with Crippen molar-refractivity contribution < 1.29 is 9.53 Å². The van der Waals surface area contributed by atoms with Crippen LogP contribution in [0.15, 0.2) is 12.1 Å². The third-order valence-corrected chi connectivity index (χ3v) is 1.57. The summed E-state index contributed by atoms with van der Waals surface area (Å²) >= 11 is 0. The van der Waals surface area contributed by atoms with E-state index in [1.165, 1.54) is 14.0 Å². The summed E-state index contributed by atoms with van der Waals surface area (Å²) in [6.07, 6.45) is 0. The normalized spacial score (nSPS) is 9.46. The number of carbonyl (C=O) groups is 1. The third kappa shape index (κ3) is 2.43. The molecule has 0 saturated heterocycles. The standard InChI is InChI=1S/C9H12N2O2/c1-6-4-5-8(13-3)11-9(6)10-7(2)12/h4-5H,1-3H3,(H,10,11,12). The van der Waals surface area contributed by atoms with Crippen LogP contribution in [-0.4, -0.2) is 18.0 Å². The Bertz CT molecular complexity index is 323. The molecule has 0 aliphatic heterocycles. The molecule has 1 aromatic rings. The first kappa shape index (κ1) is 9.51. The van der Waals surface area contributed by atoms with E-state index in [9.17, 15) is 4.79 Å². The highest BCUT2D eigenvalue weighted by Crippen LogP contribution is 2.16. The molecule has 1 N–H and O–H groups in total. The van der Waals surface area contributed by atoms with Gasteiger partial charge in [-0.25, -0.2) is 0 Å². The minimum atomic E-state index is -0.135. The maximum absolute atomic E-state index is 10.8. The number of hydrogen-bond donors (Lipinski definition) is 1. The van der Waals surface area contributed by atoms with E-state index in [1.807, 2.05) is 13.0 Å². The molecule has 0 saturated carbocycles. The number of amides is 1. The second-order valence-electron chi connectivity index (χ2n) is 2.70. The van der Waals surface area contributed by atoms with Gasteiger partial charge in [0.2, 0.25) is 11.8 Å². The van der Waals surface area contributed by atoms with Gasteiger partial charge in [0.25, 0.3) is 0 Å². The monoisotopic (exact) mass is 180 g/mol. The molecular weight excluding hydrogens is 168 g/mol. The van der Waals surface area contributed by atoms with Crippen LogP contribution < -0.4 is 10.1 Å². The molecule has 0 bridgehead atoms. The van der Waals surface area contributed by atoms with Gasteiger partial charge in [0.05, 0.1) is 7.11 Å². The molecule has 13 heavy (non-hydrogen) atoms. The fraction of sp³-hybridized carbons (Fsp3) is 0.333. The largest absolute Gasteiger partial charge is 0.481 e. The molecule has 1 heterocycles. The van der Waals surface area contributed by atoms with Gasteiger partial charge in [-0.1, -0.05) is 6.07 Å². The van der Waals surface area contributed by atoms with Gasteiger partial charge in [0.15, 0.2) is 0 Å². The van der Waals surface area contributed by atoms with Crippen molar-refractivity contribution in [2.24, 2.45) is 0 Å². The zero-order chi connectivity index (χ0) is 9.84. The molecule has 0 atom stereocenters. The molecule has 0 unspecified atom stereocenters. The van der Waals surface area contributed by atoms with Crippen molar-refractivity contribution in [2.75, 3.05) is 12.4 Å². The van der Waals surface area contributed by atoms with Crippen LogP contribution in [0.2, 0.25) is 0 Å². The summed E-state index contributed by atoms with van der Waals surface area (Å²) in [6, 6.07) is 3.59. The van der Waals surface area contributed by atoms with E-state index in [0.717, 1.165) is 5.56 Å². The molecule has 0 aromatic carbocycles. The summed E-state index contributed by atoms with van der Waals surface area (Å²) < 4.78 is 4.93. The smallest absolute Gasteiger partial charge is 0.222 e. The van der Waals surface area contributed by atoms with Crippen molar-refractivity contribution in [1.82, 2.24) is 4.98 Å². The Balaban J connectivity index is 2.96. The maximum atomic E-state index is 10.8. The lowest BCUT2D eigenvalue weighted by molar-refractivity contribution is -0.114. The van der Waals surface area contributed by atoms with Crippen molar-refractivity contribution in [3.63, 3.8) is 0 Å². The third-order valence-electron chi connectivity index (χ3n) is 1.57. The lowest BCUT2D eigenvalue weighted by Crippen LogP contribution is -2.09. The van der Waals surface area contributed by atoms with Crippen LogP contribution in [0.3, 0.4) is 0 Å². The van der Waals surface area contributed by atoms with Crippen LogP contribution in [0.5, 0.6) is 5.88 Å². The SMILES string of the molecule is COc1ccc(C)c(NC(C)=O)n1. The number of anilines is 1. The lowest BCUT2D eigenvalue weighted by atomic mass is 10.3. The number of rotatable bonds is 2. The van der Waals surface area contributed by atoms with Gasteiger partial charge in [-0.3, -0.25) is 4.79 Å². The van der Waals surface area contributed by atoms with Crippen LogP contribution in [0, 0.1) is 6.92 Å². The van der Waals surface area contributed by atoms with E-state index in [0.29, 0.717) is 11.7 Å². The predicted octanol–water partition coefficient (Wildman–Crippen LogP) is 1.36. The summed E-state index contributed by atoms with van der Waals surface area (Å²) in [5, 5.41) is 2.62. The zero-order valence-corrected chi connectivity index (χ0v) is 7.92. The van der Waals surface area contributed by atoms with E-state index in [-0.39, 0.29) is 5.91 Å². The van der Waals surface area contributed by atoms with Gasteiger partial charge >= 0.3 is 0 Å². The summed E-state index contributed by atoms with van der Waals surface area (Å²) in [4.78, 5) is 14.8. The number of hydrogen-bond acceptors (Lipinski definition) is 3. The molecule has 4 heteroatoms. The second kappa shape index (κ2) is 3.89. The summed E-state index contributed by atoms with van der Waals surface area (Å²) in [5.41, 5.74) is 0.913. The summed E-state index contributed by atoms with van der Waals surface area (Å²) in [7, 11) is 1.54. The Labute approximate surface area is 76.9 Å². The Morgan fingerprint density at radius 2 is 2.23 bits per heavy atom. The minimum absolute atomic E-state index is 0.135. The Morgan fingerprint density at radius 3 is 2.77 bits per heavy atom. The van der Waals surface area contributed by atoms with E-state index in [4.69, 9.17) is 4.74 Å². The first-order chi connectivity index (χ1) is 6.13. The topological polar surface area (TPSA) is 51.2 Å². The molecule has 0 spiro atoms. The highest BCUT2D eigenvalue weighted by atomic mass is 16.5. The number of aromatic nitrogens is 1. The number of aryl methyl sites for hydroxylation is 1. The molecule has 0 aliphatic rings. The van der Waals surface area contributed by atoms with Crippen LogP contribution >= 0.6 is 0 Å². The van der Waals surface area contributed by atoms with Crippen LogP contribution in [0.4, 0.5) is 5.82 Å². The van der Waals surface area contributed by atoms with Crippen LogP contribution in [0.25, 0.3) is 0 Å². The fourth-order valence-corrected chi connectivity index (χ4v) is 0.918. The summed E-state index contributed by atoms with van der Waals surface area (Å²) in [6.45, 7) is 3.32. The first-order valence-corrected chi connectivity index (χ1v) is 3.92. The van der Waals surface area contributed by atoms with Gasteiger partial charge in [0, 0.05) is 13.0 Å². The molecule has 1 rings (SSSR count). The van der Waals surface area contributed by atoms with Crippen LogP contribution in [-0.2, 0) is 4.79 Å². The Morgan fingerprint density at radius 1 is 1.54 bits per heavy atom. The highest BCUT2D eigenvalue weighted by Gasteiger charge is 2.03. The van der Waals surface area contributed by atoms with Crippen molar-refractivity contribution in [1.29, 1.82) is 0 Å². The number of ether oxygens (including phenoxy) is 1. The number of nitrogens with one attached hydrogen (secondary N) is 1. The lowest BCUT2D eigenvalue weighted by Gasteiger charge is -2.06. The highest BCUT2D eigenvalue weighted by molar-refractivity contribution is 5.88. The van der Waals surface area contributed by atoms with Crippen LogP contribution in [0.1, 0.15) is 12.5 Å². The molecule has 1 aromatic heterocycles. The van der Waals surface area contributed by atoms with Crippen molar-refractivity contribution in [2.45, 2.75) is 13.8 Å². The van der Waals surface area contributed by atoms with Gasteiger partial charge in [0.1, 0.15) is 5.82 Å². The molecule has 0 aliphatic carbocycles. The van der Waals surface area contributed by atoms with Gasteiger partial charge in [-0.05, 0) is 12.5 Å². The van der Waals surface area contributed by atoms with Crippen molar-refractivity contribution in [3.8, 4) is 5.88 Å². The van der Waals surface area contributed by atoms with Crippen molar-refractivity contribution >= 4 is 11.7 Å². The maximum Gasteiger partial charge on any atom is 0.222 e. The van der Waals surface area contributed by atoms with E-state index in [1.54, 1.807) is 6.07 Å². The molecular formula is C9H12N2O2. The van der Waals surface area contributed by atoms with E-state index >= 15 is 0 Å². The number of methoxy groups -OCH3 is 1. The predicted molar refractivity (Wildman–Crippen MR) is 49.8 cm³/mol. The van der Waals surface area contributed by atoms with Crippen molar-refractivity contribution in [3.05, 3.63) is 17.7 Å². The fourth-order valence-electron chi connectivity index (χ4n) is 0.918. The molecule has 0 radical (unpaired) electrons. The molecule has 4 nitrogen and oxygen atoms in total. The van der Waals surface area contributed by atoms with E-state index in [2.05, 4.69) is 10.3 Å². The minimum Gasteiger partial charge on any atom is -0.481 e. The second-order valence-corrected chi connectivity index (χ2v) is 2.70. The average molecular weight is 180 g/mol. The first-order valence-electron chi connectivity index (χ1n) is 3.92. The van der Waals surface area contributed by atoms with Gasteiger partial charge < -0.3 is 10.1 Å². The average Bonchev–Trinajstić information content (AvgIpc) is 2.08. The van der Waals surface area contributed by atoms with Gasteiger partial charge in [-0.2, -0.15) is 4.98 Å². The molecule has 0 fully saturated rings. The molecule has 70 valence electrons. The van der Waals surface area contributed by atoms with Gasteiger partial charge in [-0.15, -0.1) is 0 Å². The number of nitrogens with zero attached hydrogens (tertiary/aromatic N) is 1. The Hall–Kier alpha value is -1.58. The number of pyridine rings is 1. The summed E-state index contributed by atoms with van der Waals surface area (Å²) in [5.74, 6) is 0.907. The Kier molecular flexibility index (Phi) is 2.84. The quantitative estimate of drug-likeness (QED) is 0.747. The number of carbonyl (C=O) groups excluding carboxylic acids is 1. The molecule has 1 amide bonds. The van der Waals surface area contributed by atoms with E-state index < -0.39 is 0 Å².